The Morgan fingerprint density at radius 1 is 1.33 bits per heavy atom. The molecule has 3 nitrogen and oxygen atoms in total. The lowest BCUT2D eigenvalue weighted by molar-refractivity contribution is -0.138. The number of alkyl halides is 3. The number of likely N-dealkylation sites (N-methyl/N-ethyl adjacent to an activating group) is 1. The second-order valence-electron chi connectivity index (χ2n) is 4.46. The molecular formula is C12H12F3NO2. The molecule has 0 radical (unpaired) electrons. The van der Waals surface area contributed by atoms with E-state index in [9.17, 15) is 18.0 Å². The van der Waals surface area contributed by atoms with E-state index in [2.05, 4.69) is 0 Å². The van der Waals surface area contributed by atoms with Crippen molar-refractivity contribution in [1.82, 2.24) is 4.90 Å². The number of carboxylic acid groups (broad SMARTS) is 1. The number of benzene rings is 1. The number of fused-ring (bicyclic) bond motifs is 1. The first-order valence-electron chi connectivity index (χ1n) is 5.44. The summed E-state index contributed by atoms with van der Waals surface area (Å²) < 4.78 is 38.4. The number of hydrogen-bond acceptors (Lipinski definition) is 2. The molecule has 0 spiro atoms. The summed E-state index contributed by atoms with van der Waals surface area (Å²) in [7, 11) is 1.82. The highest BCUT2D eigenvalue weighted by Gasteiger charge is 2.36. The molecule has 0 aliphatic carbocycles. The summed E-state index contributed by atoms with van der Waals surface area (Å²) in [4.78, 5) is 12.8. The number of aromatic carboxylic acids is 1. The third kappa shape index (κ3) is 2.33. The van der Waals surface area contributed by atoms with Crippen molar-refractivity contribution in [2.24, 2.45) is 0 Å². The molecule has 1 aliphatic heterocycles. The standard InChI is InChI=1S/C12H12F3NO2/c1-16-3-2-7-4-9(11(17)18)10(12(13,14)15)5-8(7)6-16/h4-5H,2-3,6H2,1H3,(H,17,18). The molecular weight excluding hydrogens is 247 g/mol. The highest BCUT2D eigenvalue weighted by Crippen LogP contribution is 2.35. The molecule has 1 N–H and O–H groups in total. The third-order valence-electron chi connectivity index (χ3n) is 3.08. The normalized spacial score (nSPS) is 16.4. The first kappa shape index (κ1) is 12.9. The first-order chi connectivity index (χ1) is 8.29. The Morgan fingerprint density at radius 2 is 2.00 bits per heavy atom. The molecule has 0 fully saturated rings. The van der Waals surface area contributed by atoms with Crippen LogP contribution >= 0.6 is 0 Å². The summed E-state index contributed by atoms with van der Waals surface area (Å²) in [6.45, 7) is 1.13. The number of halogens is 3. The Kier molecular flexibility index (Phi) is 3.06. The van der Waals surface area contributed by atoms with Crippen molar-refractivity contribution in [2.45, 2.75) is 19.1 Å². The van der Waals surface area contributed by atoms with Crippen molar-refractivity contribution in [1.29, 1.82) is 0 Å². The molecule has 1 aliphatic rings. The predicted molar refractivity (Wildman–Crippen MR) is 58.4 cm³/mol. The van der Waals surface area contributed by atoms with Gasteiger partial charge < -0.3 is 10.0 Å². The van der Waals surface area contributed by atoms with Gasteiger partial charge in [-0.1, -0.05) is 0 Å². The average molecular weight is 259 g/mol. The van der Waals surface area contributed by atoms with Crippen molar-refractivity contribution in [3.05, 3.63) is 34.4 Å². The van der Waals surface area contributed by atoms with Gasteiger partial charge in [0.25, 0.3) is 0 Å². The lowest BCUT2D eigenvalue weighted by Crippen LogP contribution is -2.28. The highest BCUT2D eigenvalue weighted by atomic mass is 19.4. The Labute approximate surface area is 102 Å². The number of rotatable bonds is 1. The maximum absolute atomic E-state index is 12.8. The van der Waals surface area contributed by atoms with Crippen LogP contribution in [0.5, 0.6) is 0 Å². The molecule has 1 aromatic carbocycles. The molecule has 0 saturated carbocycles. The zero-order valence-electron chi connectivity index (χ0n) is 9.71. The van der Waals surface area contributed by atoms with Crippen LogP contribution in [0.1, 0.15) is 27.0 Å². The molecule has 0 amide bonds. The molecule has 1 heterocycles. The van der Waals surface area contributed by atoms with Gasteiger partial charge in [0.1, 0.15) is 0 Å². The summed E-state index contributed by atoms with van der Waals surface area (Å²) in [5.74, 6) is -1.54. The van der Waals surface area contributed by atoms with Gasteiger partial charge in [-0.2, -0.15) is 13.2 Å². The fourth-order valence-corrected chi connectivity index (χ4v) is 2.16. The van der Waals surface area contributed by atoms with Crippen molar-refractivity contribution >= 4 is 5.97 Å². The molecule has 18 heavy (non-hydrogen) atoms. The lowest BCUT2D eigenvalue weighted by Gasteiger charge is -2.26. The van der Waals surface area contributed by atoms with Gasteiger partial charge in [-0.25, -0.2) is 4.79 Å². The first-order valence-corrected chi connectivity index (χ1v) is 5.44. The quantitative estimate of drug-likeness (QED) is 0.841. The van der Waals surface area contributed by atoms with E-state index in [4.69, 9.17) is 5.11 Å². The van der Waals surface area contributed by atoms with Gasteiger partial charge in [0.2, 0.25) is 0 Å². The van der Waals surface area contributed by atoms with Gasteiger partial charge in [0, 0.05) is 13.1 Å². The maximum atomic E-state index is 12.8. The summed E-state index contributed by atoms with van der Waals surface area (Å²) in [6.07, 6.45) is -4.07. The van der Waals surface area contributed by atoms with Crippen LogP contribution < -0.4 is 0 Å². The van der Waals surface area contributed by atoms with Crippen LogP contribution in [0.25, 0.3) is 0 Å². The van der Waals surface area contributed by atoms with Crippen LogP contribution in [0, 0.1) is 0 Å². The van der Waals surface area contributed by atoms with E-state index in [0.29, 0.717) is 24.1 Å². The molecule has 2 rings (SSSR count). The van der Waals surface area contributed by atoms with Gasteiger partial charge >= 0.3 is 12.1 Å². The predicted octanol–water partition coefficient (Wildman–Crippen LogP) is 2.39. The fraction of sp³-hybridized carbons (Fsp3) is 0.417. The van der Waals surface area contributed by atoms with E-state index in [1.165, 1.54) is 0 Å². The van der Waals surface area contributed by atoms with Crippen molar-refractivity contribution in [3.8, 4) is 0 Å². The third-order valence-corrected chi connectivity index (χ3v) is 3.08. The zero-order valence-corrected chi connectivity index (χ0v) is 9.71. The van der Waals surface area contributed by atoms with Crippen LogP contribution in [-0.4, -0.2) is 29.6 Å². The summed E-state index contributed by atoms with van der Waals surface area (Å²) in [5.41, 5.74) is -0.477. The monoisotopic (exact) mass is 259 g/mol. The SMILES string of the molecule is CN1CCc2cc(C(=O)O)c(C(F)(F)F)cc2C1. The topological polar surface area (TPSA) is 40.5 Å². The van der Waals surface area contributed by atoms with Crippen molar-refractivity contribution < 1.29 is 23.1 Å². The second-order valence-corrected chi connectivity index (χ2v) is 4.46. The minimum atomic E-state index is -4.64. The molecule has 0 unspecified atom stereocenters. The maximum Gasteiger partial charge on any atom is 0.417 e. The lowest BCUT2D eigenvalue weighted by atomic mass is 9.93. The highest BCUT2D eigenvalue weighted by molar-refractivity contribution is 5.90. The molecule has 0 bridgehead atoms. The number of carbonyl (C=O) groups is 1. The van der Waals surface area contributed by atoms with Gasteiger partial charge in [-0.3, -0.25) is 0 Å². The van der Waals surface area contributed by atoms with Crippen LogP contribution in [0.3, 0.4) is 0 Å². The Hall–Kier alpha value is -1.56. The van der Waals surface area contributed by atoms with Crippen molar-refractivity contribution in [2.75, 3.05) is 13.6 Å². The van der Waals surface area contributed by atoms with E-state index in [1.807, 2.05) is 11.9 Å². The minimum Gasteiger partial charge on any atom is -0.478 e. The molecule has 1 aromatic rings. The van der Waals surface area contributed by atoms with Crippen LogP contribution in [0.2, 0.25) is 0 Å². The molecule has 0 saturated heterocycles. The fourth-order valence-electron chi connectivity index (χ4n) is 2.16. The van der Waals surface area contributed by atoms with Gasteiger partial charge in [0.05, 0.1) is 11.1 Å². The molecule has 0 aromatic heterocycles. The van der Waals surface area contributed by atoms with E-state index < -0.39 is 23.3 Å². The number of hydrogen-bond donors (Lipinski definition) is 1. The second kappa shape index (κ2) is 4.28. The minimum absolute atomic E-state index is 0.415. The van der Waals surface area contributed by atoms with Gasteiger partial charge in [-0.05, 0) is 36.7 Å². The Morgan fingerprint density at radius 3 is 2.56 bits per heavy atom. The smallest absolute Gasteiger partial charge is 0.417 e. The van der Waals surface area contributed by atoms with E-state index in [1.54, 1.807) is 0 Å². The van der Waals surface area contributed by atoms with E-state index >= 15 is 0 Å². The molecule has 98 valence electrons. The molecule has 0 atom stereocenters. The number of nitrogens with zero attached hydrogens (tertiary/aromatic N) is 1. The van der Waals surface area contributed by atoms with Crippen LogP contribution in [0.15, 0.2) is 12.1 Å². The van der Waals surface area contributed by atoms with E-state index in [0.717, 1.165) is 18.7 Å². The van der Waals surface area contributed by atoms with Gasteiger partial charge in [0.15, 0.2) is 0 Å². The Balaban J connectivity index is 2.58. The zero-order chi connectivity index (χ0) is 13.5. The summed E-state index contributed by atoms with van der Waals surface area (Å²) >= 11 is 0. The largest absolute Gasteiger partial charge is 0.478 e. The van der Waals surface area contributed by atoms with Crippen molar-refractivity contribution in [3.63, 3.8) is 0 Å². The van der Waals surface area contributed by atoms with Crippen LogP contribution in [0.4, 0.5) is 13.2 Å². The average Bonchev–Trinajstić information content (AvgIpc) is 2.25. The summed E-state index contributed by atoms with van der Waals surface area (Å²) in [5, 5.41) is 8.87. The number of carboxylic acids is 1. The summed E-state index contributed by atoms with van der Waals surface area (Å²) in [6, 6.07) is 2.13. The Bertz CT molecular complexity index is 497. The molecule has 6 heteroatoms. The van der Waals surface area contributed by atoms with Crippen LogP contribution in [-0.2, 0) is 19.1 Å². The van der Waals surface area contributed by atoms with E-state index in [-0.39, 0.29) is 0 Å². The van der Waals surface area contributed by atoms with Gasteiger partial charge in [-0.15, -0.1) is 0 Å².